The molecule has 0 aliphatic rings. The van der Waals surface area contributed by atoms with Crippen molar-refractivity contribution in [3.05, 3.63) is 0 Å². The highest BCUT2D eigenvalue weighted by molar-refractivity contribution is 5.73. The molecule has 0 atom stereocenters. The Morgan fingerprint density at radius 1 is 1.50 bits per heavy atom. The molecular weight excluding hydrogens is 138 g/mol. The first kappa shape index (κ1) is 8.70. The normalized spacial score (nSPS) is 8.80. The highest BCUT2D eigenvalue weighted by Crippen LogP contribution is 1.68. The van der Waals surface area contributed by atoms with Crippen LogP contribution < -0.4 is 16.6 Å². The number of nitrogens with two attached hydrogens (primary N) is 1. The zero-order valence-corrected chi connectivity index (χ0v) is 5.26. The number of carboxylic acid groups (broad SMARTS) is 1. The third-order valence-corrected chi connectivity index (χ3v) is 0.692. The highest BCUT2D eigenvalue weighted by Gasteiger charge is 1.94. The van der Waals surface area contributed by atoms with E-state index in [9.17, 15) is 9.59 Å². The number of nitrogens with one attached hydrogen (secondary N) is 2. The Bertz CT molecular complexity index is 120. The molecule has 0 bridgehead atoms. The Kier molecular flexibility index (Phi) is 3.97. The van der Waals surface area contributed by atoms with E-state index in [0.29, 0.717) is 0 Å². The van der Waals surface area contributed by atoms with Gasteiger partial charge in [-0.2, -0.15) is 0 Å². The first-order chi connectivity index (χ1) is 4.63. The van der Waals surface area contributed by atoms with Gasteiger partial charge in [0.1, 0.15) is 0 Å². The summed E-state index contributed by atoms with van der Waals surface area (Å²) in [5.41, 5.74) is 8.88. The fourth-order valence-corrected chi connectivity index (χ4v) is 0.324. The van der Waals surface area contributed by atoms with E-state index in [1.54, 1.807) is 0 Å². The minimum atomic E-state index is -1.19. The molecule has 0 aliphatic carbocycles. The van der Waals surface area contributed by atoms with Crippen LogP contribution >= 0.6 is 0 Å². The minimum absolute atomic E-state index is 0.111. The third-order valence-electron chi connectivity index (χ3n) is 0.692. The van der Waals surface area contributed by atoms with Gasteiger partial charge in [-0.05, 0) is 0 Å². The van der Waals surface area contributed by atoms with Crippen molar-refractivity contribution in [3.63, 3.8) is 0 Å². The minimum Gasteiger partial charge on any atom is -0.464 e. The predicted octanol–water partition coefficient (Wildman–Crippen LogP) is -1.37. The molecule has 0 heterocycles. The molecule has 5 N–H and O–H groups in total. The number of rotatable bonds is 4. The van der Waals surface area contributed by atoms with Crippen molar-refractivity contribution in [2.24, 2.45) is 5.73 Å². The third kappa shape index (κ3) is 6.70. The molecule has 0 aromatic carbocycles. The van der Waals surface area contributed by atoms with Gasteiger partial charge in [-0.3, -0.25) is 10.2 Å². The van der Waals surface area contributed by atoms with Gasteiger partial charge < -0.3 is 10.8 Å². The van der Waals surface area contributed by atoms with E-state index in [0.717, 1.165) is 0 Å². The number of carbonyl (C=O) groups is 2. The lowest BCUT2D eigenvalue weighted by atomic mass is 10.4. The van der Waals surface area contributed by atoms with Crippen LogP contribution in [0.3, 0.4) is 0 Å². The van der Waals surface area contributed by atoms with E-state index in [1.807, 2.05) is 5.43 Å². The molecule has 0 unspecified atom stereocenters. The van der Waals surface area contributed by atoms with Crippen LogP contribution in [-0.2, 0) is 4.79 Å². The first-order valence-electron chi connectivity index (χ1n) is 2.63. The van der Waals surface area contributed by atoms with Gasteiger partial charge in [0.25, 0.3) is 0 Å². The Labute approximate surface area is 57.4 Å². The van der Waals surface area contributed by atoms with E-state index in [1.165, 1.54) is 0 Å². The molecular formula is C4H9N3O3. The summed E-state index contributed by atoms with van der Waals surface area (Å²) in [4.78, 5) is 19.8. The van der Waals surface area contributed by atoms with E-state index < -0.39 is 12.0 Å². The Hall–Kier alpha value is -1.30. The van der Waals surface area contributed by atoms with Gasteiger partial charge in [-0.15, -0.1) is 0 Å². The number of carbonyl (C=O) groups excluding carboxylic acids is 1. The lowest BCUT2D eigenvalue weighted by Gasteiger charge is -1.99. The molecule has 0 aromatic heterocycles. The summed E-state index contributed by atoms with van der Waals surface area (Å²) in [7, 11) is 0. The quantitative estimate of drug-likeness (QED) is 0.291. The van der Waals surface area contributed by atoms with Gasteiger partial charge in [0.2, 0.25) is 5.91 Å². The summed E-state index contributed by atoms with van der Waals surface area (Å²) < 4.78 is 0. The number of amides is 2. The van der Waals surface area contributed by atoms with Crippen LogP contribution in [0.1, 0.15) is 6.42 Å². The number of hydrogen-bond donors (Lipinski definition) is 4. The summed E-state index contributed by atoms with van der Waals surface area (Å²) in [6.45, 7) is 0.210. The molecule has 0 saturated carbocycles. The van der Waals surface area contributed by atoms with Crippen LogP contribution in [-0.4, -0.2) is 23.7 Å². The van der Waals surface area contributed by atoms with Crippen molar-refractivity contribution in [3.8, 4) is 0 Å². The smallest absolute Gasteiger partial charge is 0.419 e. The van der Waals surface area contributed by atoms with Crippen LogP contribution in [0.4, 0.5) is 4.79 Å². The predicted molar refractivity (Wildman–Crippen MR) is 33.0 cm³/mol. The summed E-state index contributed by atoms with van der Waals surface area (Å²) in [6, 6.07) is 0. The maximum atomic E-state index is 10.1. The maximum absolute atomic E-state index is 10.1. The molecule has 0 saturated heterocycles. The van der Waals surface area contributed by atoms with Gasteiger partial charge >= 0.3 is 6.09 Å². The van der Waals surface area contributed by atoms with E-state index in [-0.39, 0.29) is 13.0 Å². The van der Waals surface area contributed by atoms with E-state index in [4.69, 9.17) is 10.8 Å². The standard InChI is InChI=1S/C4H9N3O3/c5-3(8)1-2-6-7-4(9)10/h6-7H,1-2H2,(H2,5,8)(H,9,10). The van der Waals surface area contributed by atoms with Crippen molar-refractivity contribution < 1.29 is 14.7 Å². The maximum Gasteiger partial charge on any atom is 0.419 e. The van der Waals surface area contributed by atoms with Gasteiger partial charge in [0.15, 0.2) is 0 Å². The number of hydrogen-bond acceptors (Lipinski definition) is 3. The van der Waals surface area contributed by atoms with Crippen molar-refractivity contribution in [1.82, 2.24) is 10.9 Å². The second kappa shape index (κ2) is 4.57. The zero-order valence-electron chi connectivity index (χ0n) is 5.26. The van der Waals surface area contributed by atoms with Gasteiger partial charge in [-0.1, -0.05) is 0 Å². The van der Waals surface area contributed by atoms with E-state index in [2.05, 4.69) is 5.43 Å². The lowest BCUT2D eigenvalue weighted by Crippen LogP contribution is -2.38. The summed E-state index contributed by atoms with van der Waals surface area (Å²) in [6.07, 6.45) is -1.08. The lowest BCUT2D eigenvalue weighted by molar-refractivity contribution is -0.117. The molecule has 6 heteroatoms. The molecule has 58 valence electrons. The van der Waals surface area contributed by atoms with Crippen LogP contribution in [0.25, 0.3) is 0 Å². The molecule has 0 spiro atoms. The Morgan fingerprint density at radius 2 is 2.10 bits per heavy atom. The molecule has 10 heavy (non-hydrogen) atoms. The molecule has 0 aromatic rings. The molecule has 0 fully saturated rings. The topological polar surface area (TPSA) is 104 Å². The average molecular weight is 147 g/mol. The van der Waals surface area contributed by atoms with Crippen molar-refractivity contribution in [2.45, 2.75) is 6.42 Å². The molecule has 0 rings (SSSR count). The number of primary amides is 1. The van der Waals surface area contributed by atoms with Gasteiger partial charge in [0.05, 0.1) is 0 Å². The molecule has 2 amide bonds. The highest BCUT2D eigenvalue weighted by atomic mass is 16.4. The van der Waals surface area contributed by atoms with Crippen molar-refractivity contribution in [2.75, 3.05) is 6.54 Å². The second-order valence-corrected chi connectivity index (χ2v) is 1.57. The molecule has 0 aliphatic heterocycles. The SMILES string of the molecule is NC(=O)CCNNC(=O)O. The van der Waals surface area contributed by atoms with Crippen LogP contribution in [0.5, 0.6) is 0 Å². The van der Waals surface area contributed by atoms with E-state index >= 15 is 0 Å². The largest absolute Gasteiger partial charge is 0.464 e. The monoisotopic (exact) mass is 147 g/mol. The molecule has 6 nitrogen and oxygen atoms in total. The Balaban J connectivity index is 3.06. The summed E-state index contributed by atoms with van der Waals surface area (Å²) in [5.74, 6) is -0.473. The summed E-state index contributed by atoms with van der Waals surface area (Å²) in [5, 5.41) is 7.99. The number of hydrazine groups is 1. The van der Waals surface area contributed by atoms with Gasteiger partial charge in [-0.25, -0.2) is 10.2 Å². The van der Waals surface area contributed by atoms with Gasteiger partial charge in [0, 0.05) is 13.0 Å². The Morgan fingerprint density at radius 3 is 2.50 bits per heavy atom. The van der Waals surface area contributed by atoms with Crippen molar-refractivity contribution in [1.29, 1.82) is 0 Å². The van der Waals surface area contributed by atoms with Crippen LogP contribution in [0.15, 0.2) is 0 Å². The van der Waals surface area contributed by atoms with Crippen LogP contribution in [0.2, 0.25) is 0 Å². The fourth-order valence-electron chi connectivity index (χ4n) is 0.324. The average Bonchev–Trinajstić information content (AvgIpc) is 1.79. The first-order valence-corrected chi connectivity index (χ1v) is 2.63. The molecule has 0 radical (unpaired) electrons. The fraction of sp³-hybridized carbons (Fsp3) is 0.500. The summed E-state index contributed by atoms with van der Waals surface area (Å²) >= 11 is 0. The zero-order chi connectivity index (χ0) is 7.98. The van der Waals surface area contributed by atoms with Crippen LogP contribution in [0, 0.1) is 0 Å². The van der Waals surface area contributed by atoms with Crippen molar-refractivity contribution >= 4 is 12.0 Å². The second-order valence-electron chi connectivity index (χ2n) is 1.57.